The molecule has 1 saturated carbocycles. The van der Waals surface area contributed by atoms with Gasteiger partial charge in [-0.3, -0.25) is 19.9 Å². The SMILES string of the molecule is O=C(c1ccc([N+](=O)[O-])cc1)[C@@H]1[C@@H](c2ccc3ccccc3n2)[C@@]12c1ccccc1-c1nc3ccccc3nc12. The number of benzene rings is 4. The van der Waals surface area contributed by atoms with Crippen LogP contribution < -0.4 is 0 Å². The Balaban J connectivity index is 1.38. The van der Waals surface area contributed by atoms with Crippen molar-refractivity contribution >= 4 is 33.4 Å². The van der Waals surface area contributed by atoms with Crippen LogP contribution in [0.1, 0.15) is 33.2 Å². The molecular weight excluding hydrogens is 500 g/mol. The number of carbonyl (C=O) groups excluding carboxylic acids is 1. The molecule has 1 spiro atoms. The maximum absolute atomic E-state index is 14.3. The third-order valence-corrected chi connectivity index (χ3v) is 8.38. The first-order valence-corrected chi connectivity index (χ1v) is 13.1. The molecule has 6 aromatic rings. The second-order valence-electron chi connectivity index (χ2n) is 10.4. The van der Waals surface area contributed by atoms with E-state index >= 15 is 0 Å². The Kier molecular flexibility index (Phi) is 4.59. The smallest absolute Gasteiger partial charge is 0.269 e. The van der Waals surface area contributed by atoms with E-state index in [0.29, 0.717) is 5.56 Å². The monoisotopic (exact) mass is 520 g/mol. The minimum atomic E-state index is -0.753. The zero-order valence-electron chi connectivity index (χ0n) is 21.1. The van der Waals surface area contributed by atoms with Crippen molar-refractivity contribution in [2.45, 2.75) is 11.3 Å². The summed E-state index contributed by atoms with van der Waals surface area (Å²) in [6.07, 6.45) is 0. The third kappa shape index (κ3) is 3.00. The van der Waals surface area contributed by atoms with Crippen LogP contribution in [0.5, 0.6) is 0 Å². The molecular formula is C33H20N4O3. The summed E-state index contributed by atoms with van der Waals surface area (Å²) in [7, 11) is 0. The quantitative estimate of drug-likeness (QED) is 0.147. The fourth-order valence-electron chi connectivity index (χ4n) is 6.62. The minimum Gasteiger partial charge on any atom is -0.294 e. The van der Waals surface area contributed by atoms with Crippen molar-refractivity contribution in [2.75, 3.05) is 0 Å². The lowest BCUT2D eigenvalue weighted by Crippen LogP contribution is -2.16. The number of pyridine rings is 1. The van der Waals surface area contributed by atoms with E-state index in [1.165, 1.54) is 12.1 Å². The van der Waals surface area contributed by atoms with Crippen LogP contribution in [0.25, 0.3) is 33.2 Å². The van der Waals surface area contributed by atoms with Gasteiger partial charge in [-0.2, -0.15) is 0 Å². The van der Waals surface area contributed by atoms with Crippen LogP contribution in [-0.4, -0.2) is 25.7 Å². The number of Topliss-reactive ketones (excluding diaryl/α,β-unsaturated/α-hetero) is 1. The van der Waals surface area contributed by atoms with Crippen molar-refractivity contribution in [2.24, 2.45) is 5.92 Å². The zero-order chi connectivity index (χ0) is 27.0. The Morgan fingerprint density at radius 2 is 1.40 bits per heavy atom. The van der Waals surface area contributed by atoms with Crippen molar-refractivity contribution in [1.29, 1.82) is 0 Å². The lowest BCUT2D eigenvalue weighted by molar-refractivity contribution is -0.384. The van der Waals surface area contributed by atoms with Crippen LogP contribution in [0.2, 0.25) is 0 Å². The van der Waals surface area contributed by atoms with Gasteiger partial charge in [-0.1, -0.05) is 60.7 Å². The Morgan fingerprint density at radius 1 is 0.725 bits per heavy atom. The third-order valence-electron chi connectivity index (χ3n) is 8.38. The van der Waals surface area contributed by atoms with E-state index < -0.39 is 16.3 Å². The molecule has 7 nitrogen and oxygen atoms in total. The number of non-ortho nitro benzene ring substituents is 1. The Labute approximate surface area is 228 Å². The highest BCUT2D eigenvalue weighted by Crippen LogP contribution is 2.74. The van der Waals surface area contributed by atoms with E-state index in [2.05, 4.69) is 6.07 Å². The highest BCUT2D eigenvalue weighted by molar-refractivity contribution is 6.05. The maximum atomic E-state index is 14.3. The van der Waals surface area contributed by atoms with E-state index in [-0.39, 0.29) is 17.4 Å². The largest absolute Gasteiger partial charge is 0.294 e. The number of rotatable bonds is 4. The van der Waals surface area contributed by atoms with Crippen LogP contribution in [0, 0.1) is 16.0 Å². The van der Waals surface area contributed by atoms with Crippen LogP contribution in [0.15, 0.2) is 109 Å². The molecule has 2 heterocycles. The van der Waals surface area contributed by atoms with Gasteiger partial charge in [0.25, 0.3) is 5.69 Å². The first-order valence-electron chi connectivity index (χ1n) is 13.1. The highest BCUT2D eigenvalue weighted by atomic mass is 16.6. The summed E-state index contributed by atoms with van der Waals surface area (Å²) in [5.74, 6) is -0.870. The standard InChI is InChI=1S/C33H20N4O3/c38-31(20-13-16-21(17-14-20)37(39)40)29-28(27-18-15-19-7-1-4-10-24(19)34-27)33(29)23-9-3-2-8-22(23)30-32(33)36-26-12-6-5-11-25(26)35-30/h1-18,28-29H/t28-,29+,33+/m1/s1. The Hall–Kier alpha value is -5.30. The maximum Gasteiger partial charge on any atom is 0.269 e. The van der Waals surface area contributed by atoms with Gasteiger partial charge in [0.15, 0.2) is 5.78 Å². The van der Waals surface area contributed by atoms with Crippen molar-refractivity contribution in [3.8, 4) is 11.3 Å². The van der Waals surface area contributed by atoms with Crippen molar-refractivity contribution in [3.63, 3.8) is 0 Å². The van der Waals surface area contributed by atoms with E-state index in [9.17, 15) is 14.9 Å². The van der Waals surface area contributed by atoms with Gasteiger partial charge in [-0.05, 0) is 42.0 Å². The topological polar surface area (TPSA) is 98.9 Å². The summed E-state index contributed by atoms with van der Waals surface area (Å²) in [4.78, 5) is 40.4. The molecule has 0 bridgehead atoms. The first kappa shape index (κ1) is 22.7. The molecule has 2 aliphatic rings. The second kappa shape index (κ2) is 8.10. The average molecular weight is 521 g/mol. The molecule has 2 aromatic heterocycles. The molecule has 3 atom stereocenters. The zero-order valence-corrected chi connectivity index (χ0v) is 21.1. The van der Waals surface area contributed by atoms with Gasteiger partial charge in [-0.25, -0.2) is 9.97 Å². The van der Waals surface area contributed by atoms with Gasteiger partial charge in [0.05, 0.1) is 38.3 Å². The van der Waals surface area contributed by atoms with Crippen molar-refractivity contribution < 1.29 is 9.72 Å². The molecule has 0 amide bonds. The number of carbonyl (C=O) groups is 1. The lowest BCUT2D eigenvalue weighted by atomic mass is 9.89. The molecule has 4 aromatic carbocycles. The van der Waals surface area contributed by atoms with Gasteiger partial charge in [0.2, 0.25) is 0 Å². The number of hydrogen-bond donors (Lipinski definition) is 0. The minimum absolute atomic E-state index is 0.0521. The summed E-state index contributed by atoms with van der Waals surface area (Å²) in [5.41, 5.74) is 6.43. The van der Waals surface area contributed by atoms with Gasteiger partial charge >= 0.3 is 0 Å². The molecule has 40 heavy (non-hydrogen) atoms. The molecule has 8 rings (SSSR count). The van der Waals surface area contributed by atoms with Crippen LogP contribution in [-0.2, 0) is 5.41 Å². The summed E-state index contributed by atoms with van der Waals surface area (Å²) in [6, 6.07) is 33.7. The van der Waals surface area contributed by atoms with Crippen molar-refractivity contribution in [1.82, 2.24) is 15.0 Å². The number of hydrogen-bond acceptors (Lipinski definition) is 6. The predicted molar refractivity (Wildman–Crippen MR) is 151 cm³/mol. The van der Waals surface area contributed by atoms with Gasteiger partial charge < -0.3 is 0 Å². The lowest BCUT2D eigenvalue weighted by Gasteiger charge is -2.14. The number of fused-ring (bicyclic) bond motifs is 7. The molecule has 0 N–H and O–H groups in total. The summed E-state index contributed by atoms with van der Waals surface area (Å²) < 4.78 is 0. The summed E-state index contributed by atoms with van der Waals surface area (Å²) in [5, 5.41) is 12.3. The average Bonchev–Trinajstić information content (AvgIpc) is 3.62. The van der Waals surface area contributed by atoms with E-state index in [0.717, 1.165) is 50.1 Å². The highest BCUT2D eigenvalue weighted by Gasteiger charge is 2.74. The van der Waals surface area contributed by atoms with E-state index in [1.807, 2.05) is 78.9 Å². The van der Waals surface area contributed by atoms with Crippen molar-refractivity contribution in [3.05, 3.63) is 142 Å². The predicted octanol–water partition coefficient (Wildman–Crippen LogP) is 6.65. The Morgan fingerprint density at radius 3 is 2.17 bits per heavy atom. The second-order valence-corrected chi connectivity index (χ2v) is 10.4. The molecule has 7 heteroatoms. The van der Waals surface area contributed by atoms with Gasteiger partial charge in [0.1, 0.15) is 0 Å². The number of para-hydroxylation sites is 3. The fourth-order valence-corrected chi connectivity index (χ4v) is 6.62. The van der Waals surface area contributed by atoms with Crippen LogP contribution >= 0.6 is 0 Å². The number of ketones is 1. The van der Waals surface area contributed by atoms with Gasteiger partial charge in [0, 0.05) is 46.2 Å². The van der Waals surface area contributed by atoms with E-state index in [4.69, 9.17) is 15.0 Å². The molecule has 190 valence electrons. The number of nitro groups is 1. The molecule has 0 saturated heterocycles. The molecule has 0 unspecified atom stereocenters. The van der Waals surface area contributed by atoms with Crippen LogP contribution in [0.3, 0.4) is 0 Å². The number of nitro benzene ring substituents is 1. The summed E-state index contributed by atoms with van der Waals surface area (Å²) in [6.45, 7) is 0. The Bertz CT molecular complexity index is 2040. The van der Waals surface area contributed by atoms with E-state index in [1.54, 1.807) is 12.1 Å². The summed E-state index contributed by atoms with van der Waals surface area (Å²) >= 11 is 0. The molecule has 2 aliphatic carbocycles. The molecule has 0 radical (unpaired) electrons. The number of aromatic nitrogens is 3. The molecule has 0 aliphatic heterocycles. The van der Waals surface area contributed by atoms with Crippen LogP contribution in [0.4, 0.5) is 5.69 Å². The van der Waals surface area contributed by atoms with Gasteiger partial charge in [-0.15, -0.1) is 0 Å². The molecule has 1 fully saturated rings. The normalized spacial score (nSPS) is 20.4. The fraction of sp³-hybridized carbons (Fsp3) is 0.0909. The first-order chi connectivity index (χ1) is 19.6. The number of nitrogens with zero attached hydrogens (tertiary/aromatic N) is 4.